The summed E-state index contributed by atoms with van der Waals surface area (Å²) < 4.78 is 1.81. The summed E-state index contributed by atoms with van der Waals surface area (Å²) in [6.07, 6.45) is 5.94. The summed E-state index contributed by atoms with van der Waals surface area (Å²) in [6, 6.07) is 15.9. The lowest BCUT2D eigenvalue weighted by atomic mass is 10.2. The van der Waals surface area contributed by atoms with Gasteiger partial charge >= 0.3 is 0 Å². The Morgan fingerprint density at radius 3 is 2.48 bits per heavy atom. The second-order valence-electron chi connectivity index (χ2n) is 6.78. The van der Waals surface area contributed by atoms with Gasteiger partial charge in [0.25, 0.3) is 0 Å². The van der Waals surface area contributed by atoms with Gasteiger partial charge in [0.1, 0.15) is 0 Å². The van der Waals surface area contributed by atoms with E-state index in [1.807, 2.05) is 70.5 Å². The van der Waals surface area contributed by atoms with Crippen molar-refractivity contribution in [1.82, 2.24) is 24.6 Å². The van der Waals surface area contributed by atoms with Gasteiger partial charge in [-0.2, -0.15) is 5.10 Å². The summed E-state index contributed by atoms with van der Waals surface area (Å²) in [4.78, 5) is 21.3. The molecule has 1 aliphatic heterocycles. The van der Waals surface area contributed by atoms with Crippen LogP contribution in [0.4, 0.5) is 0 Å². The highest BCUT2D eigenvalue weighted by Gasteiger charge is 2.21. The molecule has 138 valence electrons. The number of benzene rings is 1. The quantitative estimate of drug-likeness (QED) is 0.699. The van der Waals surface area contributed by atoms with Gasteiger partial charge < -0.3 is 4.90 Å². The monoisotopic (exact) mass is 361 g/mol. The Bertz CT molecular complexity index is 870. The fraction of sp³-hybridized carbons (Fsp3) is 0.286. The lowest BCUT2D eigenvalue weighted by Crippen LogP contribution is -2.48. The smallest absolute Gasteiger partial charge is 0.227 e. The molecule has 27 heavy (non-hydrogen) atoms. The van der Waals surface area contributed by atoms with E-state index in [2.05, 4.69) is 15.0 Å². The van der Waals surface area contributed by atoms with Crippen LogP contribution in [0.5, 0.6) is 0 Å². The second-order valence-corrected chi connectivity index (χ2v) is 6.78. The third-order valence-electron chi connectivity index (χ3n) is 4.85. The average molecular weight is 361 g/mol. The second kappa shape index (κ2) is 8.14. The number of nitrogens with zero attached hydrogens (tertiary/aromatic N) is 5. The highest BCUT2D eigenvalue weighted by molar-refractivity contribution is 5.78. The Hall–Kier alpha value is -2.99. The van der Waals surface area contributed by atoms with Crippen molar-refractivity contribution in [2.24, 2.45) is 0 Å². The van der Waals surface area contributed by atoms with Crippen LogP contribution in [0.15, 0.2) is 67.1 Å². The summed E-state index contributed by atoms with van der Waals surface area (Å²) in [6.45, 7) is 4.13. The number of carbonyl (C=O) groups excluding carboxylic acids is 1. The summed E-state index contributed by atoms with van der Waals surface area (Å²) in [5, 5.41) is 4.37. The zero-order valence-electron chi connectivity index (χ0n) is 15.2. The number of pyridine rings is 1. The molecule has 6 nitrogen and oxygen atoms in total. The molecule has 1 saturated heterocycles. The Balaban J connectivity index is 1.29. The van der Waals surface area contributed by atoms with Gasteiger partial charge in [-0.15, -0.1) is 0 Å². The molecule has 0 atom stereocenters. The molecule has 6 heteroatoms. The highest BCUT2D eigenvalue weighted by atomic mass is 16.2. The molecule has 3 aromatic rings. The molecule has 3 heterocycles. The molecule has 0 N–H and O–H groups in total. The van der Waals surface area contributed by atoms with Crippen LogP contribution in [0.1, 0.15) is 11.3 Å². The molecule has 1 fully saturated rings. The molecule has 2 aromatic heterocycles. The number of para-hydroxylation sites is 1. The minimum absolute atomic E-state index is 0.167. The van der Waals surface area contributed by atoms with Crippen LogP contribution in [0.3, 0.4) is 0 Å². The van der Waals surface area contributed by atoms with Crippen molar-refractivity contribution in [3.05, 3.63) is 78.4 Å². The fourth-order valence-electron chi connectivity index (χ4n) is 3.34. The first-order valence-electron chi connectivity index (χ1n) is 9.27. The number of rotatable bonds is 5. The maximum Gasteiger partial charge on any atom is 0.227 e. The molecule has 0 radical (unpaired) electrons. The van der Waals surface area contributed by atoms with E-state index in [1.165, 1.54) is 0 Å². The Labute approximate surface area is 159 Å². The first-order chi connectivity index (χ1) is 13.3. The van der Waals surface area contributed by atoms with Crippen LogP contribution in [-0.4, -0.2) is 56.7 Å². The summed E-state index contributed by atoms with van der Waals surface area (Å²) >= 11 is 0. The van der Waals surface area contributed by atoms with E-state index in [4.69, 9.17) is 0 Å². The molecule has 1 aliphatic rings. The van der Waals surface area contributed by atoms with Crippen molar-refractivity contribution in [3.8, 4) is 5.69 Å². The van der Waals surface area contributed by atoms with Gasteiger partial charge in [-0.3, -0.25) is 14.7 Å². The molecule has 1 aromatic carbocycles. The highest BCUT2D eigenvalue weighted by Crippen LogP contribution is 2.11. The van der Waals surface area contributed by atoms with Crippen LogP contribution in [0, 0.1) is 0 Å². The summed E-state index contributed by atoms with van der Waals surface area (Å²) in [5.74, 6) is 0.167. The predicted octanol–water partition coefficient (Wildman–Crippen LogP) is 2.15. The van der Waals surface area contributed by atoms with E-state index in [-0.39, 0.29) is 5.91 Å². The van der Waals surface area contributed by atoms with E-state index < -0.39 is 0 Å². The molecule has 0 saturated carbocycles. The van der Waals surface area contributed by atoms with E-state index in [0.717, 1.165) is 49.7 Å². The lowest BCUT2D eigenvalue weighted by Gasteiger charge is -2.34. The standard InChI is InChI=1S/C21H23N5O/c27-21(14-18-15-23-26(16-18)20-7-2-1-3-8-20)25-12-10-24(11-13-25)17-19-6-4-5-9-22-19/h1-9,15-16H,10-14,17H2. The molecular weight excluding hydrogens is 338 g/mol. The lowest BCUT2D eigenvalue weighted by molar-refractivity contribution is -0.132. The van der Waals surface area contributed by atoms with Gasteiger partial charge in [-0.05, 0) is 29.8 Å². The van der Waals surface area contributed by atoms with E-state index in [9.17, 15) is 4.79 Å². The van der Waals surface area contributed by atoms with Crippen molar-refractivity contribution in [1.29, 1.82) is 0 Å². The minimum atomic E-state index is 0.167. The summed E-state index contributed by atoms with van der Waals surface area (Å²) in [7, 11) is 0. The zero-order chi connectivity index (χ0) is 18.5. The van der Waals surface area contributed by atoms with E-state index in [0.29, 0.717) is 6.42 Å². The number of carbonyl (C=O) groups is 1. The van der Waals surface area contributed by atoms with Crippen molar-refractivity contribution in [3.63, 3.8) is 0 Å². The third-order valence-corrected chi connectivity index (χ3v) is 4.85. The molecule has 0 bridgehead atoms. The number of aromatic nitrogens is 3. The largest absolute Gasteiger partial charge is 0.340 e. The molecular formula is C21H23N5O. The van der Waals surface area contributed by atoms with Crippen LogP contribution in [-0.2, 0) is 17.8 Å². The average Bonchev–Trinajstić information content (AvgIpc) is 3.18. The number of amides is 1. The topological polar surface area (TPSA) is 54.3 Å². The van der Waals surface area contributed by atoms with Crippen molar-refractivity contribution in [2.45, 2.75) is 13.0 Å². The van der Waals surface area contributed by atoms with Crippen molar-refractivity contribution < 1.29 is 4.79 Å². The van der Waals surface area contributed by atoms with Crippen molar-refractivity contribution in [2.75, 3.05) is 26.2 Å². The normalized spacial score (nSPS) is 15.0. The van der Waals surface area contributed by atoms with Gasteiger partial charge in [0.2, 0.25) is 5.91 Å². The molecule has 0 aliphatic carbocycles. The van der Waals surface area contributed by atoms with Gasteiger partial charge in [0.15, 0.2) is 0 Å². The Kier molecular flexibility index (Phi) is 5.25. The van der Waals surface area contributed by atoms with E-state index >= 15 is 0 Å². The first kappa shape index (κ1) is 17.4. The fourth-order valence-corrected chi connectivity index (χ4v) is 3.34. The Morgan fingerprint density at radius 1 is 0.963 bits per heavy atom. The number of hydrogen-bond donors (Lipinski definition) is 0. The molecule has 0 unspecified atom stereocenters. The zero-order valence-corrected chi connectivity index (χ0v) is 15.2. The predicted molar refractivity (Wildman–Crippen MR) is 103 cm³/mol. The minimum Gasteiger partial charge on any atom is -0.340 e. The van der Waals surface area contributed by atoms with Crippen molar-refractivity contribution >= 4 is 5.91 Å². The van der Waals surface area contributed by atoms with Crippen LogP contribution in [0.2, 0.25) is 0 Å². The van der Waals surface area contributed by atoms with Gasteiger partial charge in [0, 0.05) is 45.1 Å². The maximum atomic E-state index is 12.6. The van der Waals surface area contributed by atoms with Gasteiger partial charge in [-0.25, -0.2) is 4.68 Å². The van der Waals surface area contributed by atoms with E-state index in [1.54, 1.807) is 6.20 Å². The van der Waals surface area contributed by atoms with Crippen LogP contribution >= 0.6 is 0 Å². The number of hydrogen-bond acceptors (Lipinski definition) is 4. The summed E-state index contributed by atoms with van der Waals surface area (Å²) in [5.41, 5.74) is 3.02. The molecule has 0 spiro atoms. The van der Waals surface area contributed by atoms with Crippen LogP contribution < -0.4 is 0 Å². The SMILES string of the molecule is O=C(Cc1cnn(-c2ccccc2)c1)N1CCN(Cc2ccccn2)CC1. The molecule has 1 amide bonds. The third kappa shape index (κ3) is 4.41. The number of piperazine rings is 1. The van der Waals surface area contributed by atoms with Gasteiger partial charge in [0.05, 0.1) is 24.0 Å². The first-order valence-corrected chi connectivity index (χ1v) is 9.27. The van der Waals surface area contributed by atoms with Gasteiger partial charge in [-0.1, -0.05) is 24.3 Å². The maximum absolute atomic E-state index is 12.6. The Morgan fingerprint density at radius 2 is 1.74 bits per heavy atom. The molecule has 4 rings (SSSR count). The van der Waals surface area contributed by atoms with Crippen LogP contribution in [0.25, 0.3) is 5.69 Å².